The van der Waals surface area contributed by atoms with Crippen LogP contribution in [0, 0.1) is 0 Å². The number of para-hydroxylation sites is 1. The van der Waals surface area contributed by atoms with E-state index in [1.165, 1.54) is 0 Å². The van der Waals surface area contributed by atoms with Crippen LogP contribution < -0.4 is 0 Å². The Morgan fingerprint density at radius 1 is 1.25 bits per heavy atom. The molecule has 0 spiro atoms. The molecular weight excluding hydrogens is 318 g/mol. The maximum Gasteiger partial charge on any atom is 0.178 e. The molecule has 4 aromatic rings. The normalized spacial score (nSPS) is 11.5. The third kappa shape index (κ3) is 1.65. The highest BCUT2D eigenvalue weighted by Crippen LogP contribution is 2.27. The topological polar surface area (TPSA) is 59.4 Å². The van der Waals surface area contributed by atoms with Crippen LogP contribution in [0.3, 0.4) is 0 Å². The van der Waals surface area contributed by atoms with Gasteiger partial charge in [-0.25, -0.2) is 9.97 Å². The minimum absolute atomic E-state index is 0.693. The van der Waals surface area contributed by atoms with Gasteiger partial charge in [-0.15, -0.1) is 0 Å². The molecule has 0 radical (unpaired) electrons. The highest BCUT2D eigenvalue weighted by Gasteiger charge is 2.14. The van der Waals surface area contributed by atoms with E-state index in [0.29, 0.717) is 5.65 Å². The molecule has 20 heavy (non-hydrogen) atoms. The number of aryl methyl sites for hydroxylation is 1. The summed E-state index contributed by atoms with van der Waals surface area (Å²) in [6, 6.07) is 10.1. The van der Waals surface area contributed by atoms with Gasteiger partial charge in [0.2, 0.25) is 0 Å². The number of fused-ring (bicyclic) bond motifs is 2. The van der Waals surface area contributed by atoms with Gasteiger partial charge in [-0.1, -0.05) is 18.2 Å². The summed E-state index contributed by atoms with van der Waals surface area (Å²) in [7, 11) is 1.93. The lowest BCUT2D eigenvalue weighted by Gasteiger charge is -1.91. The SMILES string of the molecule is Cn1nc(-c2nc3ncc(Br)cc3[nH]2)c2ccccc21. The largest absolute Gasteiger partial charge is 0.335 e. The van der Waals surface area contributed by atoms with Crippen LogP contribution >= 0.6 is 15.9 Å². The fraction of sp³-hybridized carbons (Fsp3) is 0.0714. The zero-order valence-corrected chi connectivity index (χ0v) is 12.2. The molecule has 5 nitrogen and oxygen atoms in total. The molecule has 0 saturated heterocycles. The molecule has 1 N–H and O–H groups in total. The second-order valence-corrected chi connectivity index (χ2v) is 5.52. The first-order valence-electron chi connectivity index (χ1n) is 6.16. The summed E-state index contributed by atoms with van der Waals surface area (Å²) in [5.74, 6) is 0.738. The van der Waals surface area contributed by atoms with Crippen LogP contribution in [0.5, 0.6) is 0 Å². The van der Waals surface area contributed by atoms with Crippen molar-refractivity contribution in [3.63, 3.8) is 0 Å². The van der Waals surface area contributed by atoms with Crippen molar-refractivity contribution in [3.8, 4) is 11.5 Å². The number of hydrogen-bond acceptors (Lipinski definition) is 3. The van der Waals surface area contributed by atoms with Gasteiger partial charge < -0.3 is 4.98 Å². The Bertz CT molecular complexity index is 937. The van der Waals surface area contributed by atoms with Gasteiger partial charge in [-0.2, -0.15) is 5.10 Å². The summed E-state index contributed by atoms with van der Waals surface area (Å²) >= 11 is 3.41. The molecular formula is C14H10BrN5. The zero-order chi connectivity index (χ0) is 13.7. The van der Waals surface area contributed by atoms with Crippen LogP contribution in [0.25, 0.3) is 33.6 Å². The number of halogens is 1. The van der Waals surface area contributed by atoms with E-state index in [0.717, 1.165) is 32.4 Å². The van der Waals surface area contributed by atoms with Crippen molar-refractivity contribution in [2.45, 2.75) is 0 Å². The maximum absolute atomic E-state index is 4.56. The Hall–Kier alpha value is -2.21. The molecule has 3 aromatic heterocycles. The summed E-state index contributed by atoms with van der Waals surface area (Å²) in [5.41, 5.74) is 3.51. The number of benzene rings is 1. The van der Waals surface area contributed by atoms with Gasteiger partial charge in [0.15, 0.2) is 11.5 Å². The molecule has 1 aromatic carbocycles. The van der Waals surface area contributed by atoms with E-state index in [1.807, 2.05) is 42.1 Å². The van der Waals surface area contributed by atoms with Crippen LogP contribution in [-0.4, -0.2) is 24.7 Å². The Morgan fingerprint density at radius 2 is 2.10 bits per heavy atom. The molecule has 6 heteroatoms. The number of nitrogens with zero attached hydrogens (tertiary/aromatic N) is 4. The molecule has 4 rings (SSSR count). The predicted molar refractivity (Wildman–Crippen MR) is 81.3 cm³/mol. The summed E-state index contributed by atoms with van der Waals surface area (Å²) in [5, 5.41) is 5.64. The fourth-order valence-electron chi connectivity index (χ4n) is 2.38. The Balaban J connectivity index is 2.01. The third-order valence-corrected chi connectivity index (χ3v) is 3.72. The zero-order valence-electron chi connectivity index (χ0n) is 10.6. The van der Waals surface area contributed by atoms with Crippen molar-refractivity contribution in [1.29, 1.82) is 0 Å². The minimum atomic E-state index is 0.693. The third-order valence-electron chi connectivity index (χ3n) is 3.29. The molecule has 0 fully saturated rings. The van der Waals surface area contributed by atoms with Crippen LogP contribution in [0.4, 0.5) is 0 Å². The maximum atomic E-state index is 4.56. The lowest BCUT2D eigenvalue weighted by Crippen LogP contribution is -1.90. The standard InChI is InChI=1S/C14H10BrN5/c1-20-11-5-3-2-4-9(11)12(19-20)14-17-10-6-8(15)7-16-13(10)18-14/h2-7H,1H3,(H,16,17,18). The fourth-order valence-corrected chi connectivity index (χ4v) is 2.71. The van der Waals surface area contributed by atoms with Gasteiger partial charge in [0.25, 0.3) is 0 Å². The van der Waals surface area contributed by atoms with Gasteiger partial charge in [0.1, 0.15) is 5.69 Å². The minimum Gasteiger partial charge on any atom is -0.335 e. The van der Waals surface area contributed by atoms with E-state index < -0.39 is 0 Å². The van der Waals surface area contributed by atoms with E-state index >= 15 is 0 Å². The highest BCUT2D eigenvalue weighted by atomic mass is 79.9. The van der Waals surface area contributed by atoms with Gasteiger partial charge in [-0.05, 0) is 28.1 Å². The van der Waals surface area contributed by atoms with Crippen molar-refractivity contribution >= 4 is 38.0 Å². The quantitative estimate of drug-likeness (QED) is 0.583. The Morgan fingerprint density at radius 3 is 3.00 bits per heavy atom. The number of H-pyrrole nitrogens is 1. The van der Waals surface area contributed by atoms with Gasteiger partial charge >= 0.3 is 0 Å². The smallest absolute Gasteiger partial charge is 0.178 e. The number of aromatic nitrogens is 5. The molecule has 0 bridgehead atoms. The lowest BCUT2D eigenvalue weighted by molar-refractivity contribution is 0.798. The summed E-state index contributed by atoms with van der Waals surface area (Å²) in [6.45, 7) is 0. The van der Waals surface area contributed by atoms with E-state index in [1.54, 1.807) is 6.20 Å². The predicted octanol–water partition coefficient (Wildman–Crippen LogP) is 3.27. The van der Waals surface area contributed by atoms with Crippen LogP contribution in [0.2, 0.25) is 0 Å². The summed E-state index contributed by atoms with van der Waals surface area (Å²) < 4.78 is 2.78. The Kier molecular flexibility index (Phi) is 2.40. The van der Waals surface area contributed by atoms with Crippen molar-refractivity contribution in [1.82, 2.24) is 24.7 Å². The molecule has 0 unspecified atom stereocenters. The van der Waals surface area contributed by atoms with Crippen molar-refractivity contribution < 1.29 is 0 Å². The summed E-state index contributed by atoms with van der Waals surface area (Å²) in [6.07, 6.45) is 1.74. The van der Waals surface area contributed by atoms with E-state index in [2.05, 4.69) is 36.0 Å². The molecule has 0 aliphatic carbocycles. The van der Waals surface area contributed by atoms with Crippen molar-refractivity contribution in [2.24, 2.45) is 7.05 Å². The van der Waals surface area contributed by atoms with Crippen LogP contribution in [-0.2, 0) is 7.05 Å². The summed E-state index contributed by atoms with van der Waals surface area (Å²) in [4.78, 5) is 12.1. The molecule has 0 saturated carbocycles. The number of hydrogen-bond donors (Lipinski definition) is 1. The average molecular weight is 328 g/mol. The van der Waals surface area contributed by atoms with Gasteiger partial charge in [0, 0.05) is 23.1 Å². The molecule has 98 valence electrons. The first-order valence-corrected chi connectivity index (χ1v) is 6.95. The van der Waals surface area contributed by atoms with Crippen molar-refractivity contribution in [3.05, 3.63) is 41.0 Å². The van der Waals surface area contributed by atoms with Crippen LogP contribution in [0.1, 0.15) is 0 Å². The van der Waals surface area contributed by atoms with E-state index in [4.69, 9.17) is 0 Å². The number of nitrogens with one attached hydrogen (secondary N) is 1. The monoisotopic (exact) mass is 327 g/mol. The second-order valence-electron chi connectivity index (χ2n) is 4.60. The number of imidazole rings is 1. The van der Waals surface area contributed by atoms with E-state index in [9.17, 15) is 0 Å². The van der Waals surface area contributed by atoms with E-state index in [-0.39, 0.29) is 0 Å². The number of aromatic amines is 1. The first kappa shape index (κ1) is 11.6. The number of pyridine rings is 1. The Labute approximate surface area is 122 Å². The average Bonchev–Trinajstić information content (AvgIpc) is 3.00. The number of rotatable bonds is 1. The molecule has 3 heterocycles. The molecule has 0 amide bonds. The van der Waals surface area contributed by atoms with Crippen LogP contribution in [0.15, 0.2) is 41.0 Å². The first-order chi connectivity index (χ1) is 9.72. The highest BCUT2D eigenvalue weighted by molar-refractivity contribution is 9.10. The molecule has 0 atom stereocenters. The molecule has 0 aliphatic heterocycles. The second kappa shape index (κ2) is 4.14. The van der Waals surface area contributed by atoms with Gasteiger partial charge in [-0.3, -0.25) is 4.68 Å². The van der Waals surface area contributed by atoms with Crippen molar-refractivity contribution in [2.75, 3.05) is 0 Å². The molecule has 0 aliphatic rings. The lowest BCUT2D eigenvalue weighted by atomic mass is 10.2. The van der Waals surface area contributed by atoms with Gasteiger partial charge in [0.05, 0.1) is 11.0 Å².